The lowest BCUT2D eigenvalue weighted by molar-refractivity contribution is 0.627. The van der Waals surface area contributed by atoms with Gasteiger partial charge in [0.2, 0.25) is 0 Å². The Kier molecular flexibility index (Phi) is 3.01. The van der Waals surface area contributed by atoms with Crippen LogP contribution in [0.15, 0.2) is 18.5 Å². The molecule has 0 aromatic carbocycles. The van der Waals surface area contributed by atoms with Crippen molar-refractivity contribution in [3.05, 3.63) is 29.0 Å². The van der Waals surface area contributed by atoms with Crippen LogP contribution in [0.4, 0.5) is 5.13 Å². The van der Waals surface area contributed by atoms with Crippen LogP contribution >= 0.6 is 11.3 Å². The average molecular weight is 222 g/mol. The van der Waals surface area contributed by atoms with Crippen molar-refractivity contribution >= 4 is 16.5 Å². The molecule has 0 saturated heterocycles. The van der Waals surface area contributed by atoms with Crippen molar-refractivity contribution in [1.82, 2.24) is 14.8 Å². The maximum absolute atomic E-state index is 4.25. The van der Waals surface area contributed by atoms with E-state index in [-0.39, 0.29) is 0 Å². The lowest BCUT2D eigenvalue weighted by Crippen LogP contribution is -2.07. The van der Waals surface area contributed by atoms with E-state index in [0.29, 0.717) is 0 Å². The summed E-state index contributed by atoms with van der Waals surface area (Å²) in [4.78, 5) is 5.47. The summed E-state index contributed by atoms with van der Waals surface area (Å²) in [5.74, 6) is 0. The summed E-state index contributed by atoms with van der Waals surface area (Å²) in [7, 11) is 0. The number of hydrogen-bond donors (Lipinski definition) is 1. The molecule has 0 bridgehead atoms. The van der Waals surface area contributed by atoms with E-state index < -0.39 is 0 Å². The molecule has 0 radical (unpaired) electrons. The minimum atomic E-state index is 0.779. The Hall–Kier alpha value is -1.36. The lowest BCUT2D eigenvalue weighted by atomic mass is 10.4. The molecule has 2 heterocycles. The first-order valence-corrected chi connectivity index (χ1v) is 5.78. The number of anilines is 1. The summed E-state index contributed by atoms with van der Waals surface area (Å²) < 4.78 is 1.98. The smallest absolute Gasteiger partial charge is 0.183 e. The SMILES string of the molecule is CCn1nccc1CNc1ncc(C)s1. The van der Waals surface area contributed by atoms with Crippen LogP contribution in [0.3, 0.4) is 0 Å². The van der Waals surface area contributed by atoms with E-state index in [9.17, 15) is 0 Å². The molecule has 80 valence electrons. The zero-order valence-electron chi connectivity index (χ0n) is 8.90. The summed E-state index contributed by atoms with van der Waals surface area (Å²) in [5, 5.41) is 8.47. The molecular formula is C10H14N4S. The summed E-state index contributed by atoms with van der Waals surface area (Å²) in [6, 6.07) is 2.02. The third kappa shape index (κ3) is 2.36. The maximum Gasteiger partial charge on any atom is 0.183 e. The summed E-state index contributed by atoms with van der Waals surface area (Å²) in [6.45, 7) is 5.82. The molecule has 0 spiro atoms. The van der Waals surface area contributed by atoms with E-state index in [1.54, 1.807) is 11.3 Å². The van der Waals surface area contributed by atoms with Crippen molar-refractivity contribution in [3.8, 4) is 0 Å². The van der Waals surface area contributed by atoms with Crippen LogP contribution in [0.25, 0.3) is 0 Å². The zero-order chi connectivity index (χ0) is 10.7. The van der Waals surface area contributed by atoms with Gasteiger partial charge in [0.1, 0.15) is 0 Å². The Balaban J connectivity index is 1.98. The van der Waals surface area contributed by atoms with Gasteiger partial charge in [-0.15, -0.1) is 11.3 Å². The standard InChI is InChI=1S/C10H14N4S/c1-3-14-9(4-5-13-14)7-12-10-11-6-8(2)15-10/h4-6H,3,7H2,1-2H3,(H,11,12). The van der Waals surface area contributed by atoms with Crippen molar-refractivity contribution in [2.75, 3.05) is 5.32 Å². The predicted molar refractivity (Wildman–Crippen MR) is 62.1 cm³/mol. The molecular weight excluding hydrogens is 208 g/mol. The first-order valence-electron chi connectivity index (χ1n) is 4.96. The van der Waals surface area contributed by atoms with E-state index in [1.807, 2.05) is 23.1 Å². The van der Waals surface area contributed by atoms with Gasteiger partial charge in [0, 0.05) is 23.8 Å². The average Bonchev–Trinajstić information content (AvgIpc) is 2.83. The van der Waals surface area contributed by atoms with Crippen LogP contribution in [0.1, 0.15) is 17.5 Å². The monoisotopic (exact) mass is 222 g/mol. The first kappa shape index (κ1) is 10.2. The fourth-order valence-corrected chi connectivity index (χ4v) is 2.06. The van der Waals surface area contributed by atoms with Crippen LogP contribution in [-0.2, 0) is 13.1 Å². The Labute approximate surface area is 93.0 Å². The van der Waals surface area contributed by atoms with Gasteiger partial charge in [-0.05, 0) is 19.9 Å². The summed E-state index contributed by atoms with van der Waals surface area (Å²) >= 11 is 1.67. The van der Waals surface area contributed by atoms with E-state index >= 15 is 0 Å². The van der Waals surface area contributed by atoms with Crippen molar-refractivity contribution in [2.45, 2.75) is 26.9 Å². The number of aromatic nitrogens is 3. The molecule has 0 saturated carbocycles. The third-order valence-corrected chi connectivity index (χ3v) is 3.02. The van der Waals surface area contributed by atoms with E-state index in [4.69, 9.17) is 0 Å². The van der Waals surface area contributed by atoms with Gasteiger partial charge in [-0.1, -0.05) is 0 Å². The molecule has 0 amide bonds. The van der Waals surface area contributed by atoms with Crippen molar-refractivity contribution < 1.29 is 0 Å². The number of rotatable bonds is 4. The minimum Gasteiger partial charge on any atom is -0.356 e. The molecule has 0 unspecified atom stereocenters. The van der Waals surface area contributed by atoms with Gasteiger partial charge in [0.15, 0.2) is 5.13 Å². The minimum absolute atomic E-state index is 0.779. The normalized spacial score (nSPS) is 10.5. The molecule has 5 heteroatoms. The Morgan fingerprint density at radius 3 is 3.07 bits per heavy atom. The lowest BCUT2D eigenvalue weighted by Gasteiger charge is -2.04. The molecule has 1 N–H and O–H groups in total. The Morgan fingerprint density at radius 2 is 2.40 bits per heavy atom. The molecule has 0 aliphatic heterocycles. The third-order valence-electron chi connectivity index (χ3n) is 2.15. The molecule has 0 atom stereocenters. The highest BCUT2D eigenvalue weighted by Crippen LogP contribution is 2.17. The molecule has 2 aromatic rings. The Morgan fingerprint density at radius 1 is 1.53 bits per heavy atom. The highest BCUT2D eigenvalue weighted by molar-refractivity contribution is 7.15. The Bertz CT molecular complexity index is 432. The number of hydrogen-bond acceptors (Lipinski definition) is 4. The van der Waals surface area contributed by atoms with Gasteiger partial charge in [0.25, 0.3) is 0 Å². The highest BCUT2D eigenvalue weighted by Gasteiger charge is 2.02. The second-order valence-electron chi connectivity index (χ2n) is 3.27. The van der Waals surface area contributed by atoms with E-state index in [0.717, 1.165) is 18.2 Å². The topological polar surface area (TPSA) is 42.7 Å². The molecule has 0 aliphatic rings. The van der Waals surface area contributed by atoms with Gasteiger partial charge in [-0.2, -0.15) is 5.10 Å². The fourth-order valence-electron chi connectivity index (χ4n) is 1.40. The van der Waals surface area contributed by atoms with Crippen LogP contribution in [0.5, 0.6) is 0 Å². The van der Waals surface area contributed by atoms with Crippen molar-refractivity contribution in [2.24, 2.45) is 0 Å². The van der Waals surface area contributed by atoms with Gasteiger partial charge < -0.3 is 5.32 Å². The van der Waals surface area contributed by atoms with Crippen LogP contribution < -0.4 is 5.32 Å². The van der Waals surface area contributed by atoms with Crippen LogP contribution in [-0.4, -0.2) is 14.8 Å². The molecule has 0 fully saturated rings. The van der Waals surface area contributed by atoms with E-state index in [1.165, 1.54) is 10.6 Å². The number of thiazole rings is 1. The molecule has 15 heavy (non-hydrogen) atoms. The number of nitrogens with zero attached hydrogens (tertiary/aromatic N) is 3. The second kappa shape index (κ2) is 4.44. The summed E-state index contributed by atoms with van der Waals surface area (Å²) in [6.07, 6.45) is 3.71. The van der Waals surface area contributed by atoms with E-state index in [2.05, 4.69) is 29.2 Å². The van der Waals surface area contributed by atoms with Crippen LogP contribution in [0, 0.1) is 6.92 Å². The highest BCUT2D eigenvalue weighted by atomic mass is 32.1. The zero-order valence-corrected chi connectivity index (χ0v) is 9.71. The predicted octanol–water partition coefficient (Wildman–Crippen LogP) is 2.28. The quantitative estimate of drug-likeness (QED) is 0.863. The fraction of sp³-hybridized carbons (Fsp3) is 0.400. The van der Waals surface area contributed by atoms with Gasteiger partial charge in [-0.25, -0.2) is 4.98 Å². The van der Waals surface area contributed by atoms with Gasteiger partial charge in [-0.3, -0.25) is 4.68 Å². The van der Waals surface area contributed by atoms with Crippen molar-refractivity contribution in [3.63, 3.8) is 0 Å². The first-order chi connectivity index (χ1) is 7.29. The van der Waals surface area contributed by atoms with Gasteiger partial charge in [0.05, 0.1) is 12.2 Å². The van der Waals surface area contributed by atoms with Gasteiger partial charge >= 0.3 is 0 Å². The largest absolute Gasteiger partial charge is 0.356 e. The van der Waals surface area contributed by atoms with Crippen LogP contribution in [0.2, 0.25) is 0 Å². The number of aryl methyl sites for hydroxylation is 2. The molecule has 2 rings (SSSR count). The summed E-state index contributed by atoms with van der Waals surface area (Å²) in [5.41, 5.74) is 1.19. The molecule has 2 aromatic heterocycles. The molecule has 0 aliphatic carbocycles. The maximum atomic E-state index is 4.25. The second-order valence-corrected chi connectivity index (χ2v) is 4.50. The van der Waals surface area contributed by atoms with Crippen molar-refractivity contribution in [1.29, 1.82) is 0 Å². The number of nitrogens with one attached hydrogen (secondary N) is 1. The molecule has 4 nitrogen and oxygen atoms in total.